The van der Waals surface area contributed by atoms with Gasteiger partial charge in [-0.1, -0.05) is 38.5 Å². The van der Waals surface area contributed by atoms with Gasteiger partial charge in [0.25, 0.3) is 0 Å². The molecule has 20 heavy (non-hydrogen) atoms. The van der Waals surface area contributed by atoms with E-state index in [4.69, 9.17) is 5.73 Å². The van der Waals surface area contributed by atoms with E-state index in [9.17, 15) is 4.79 Å². The molecule has 0 saturated heterocycles. The molecule has 0 radical (unpaired) electrons. The predicted molar refractivity (Wildman–Crippen MR) is 87.2 cm³/mol. The Hall–Kier alpha value is -1.26. The van der Waals surface area contributed by atoms with Gasteiger partial charge in [0.1, 0.15) is 0 Å². The number of amides is 1. The van der Waals surface area contributed by atoms with Crippen molar-refractivity contribution in [3.05, 3.63) is 30.3 Å². The fourth-order valence-electron chi connectivity index (χ4n) is 1.73. The predicted octanol–water partition coefficient (Wildman–Crippen LogP) is 2.40. The molecule has 0 saturated carbocycles. The van der Waals surface area contributed by atoms with Gasteiger partial charge in [-0.2, -0.15) is 0 Å². The van der Waals surface area contributed by atoms with Gasteiger partial charge in [0.15, 0.2) is 0 Å². The molecule has 5 heteroatoms. The molecule has 1 aromatic carbocycles. The number of nitrogens with one attached hydrogen (secondary N) is 2. The number of rotatable bonds is 7. The van der Waals surface area contributed by atoms with Crippen LogP contribution in [0.1, 0.15) is 27.2 Å². The number of hydrogen-bond acceptors (Lipinski definition) is 3. The molecule has 3 unspecified atom stereocenters. The monoisotopic (exact) mass is 299 g/mol. The maximum Gasteiger partial charge on any atom is 0.237 e. The second-order valence-corrected chi connectivity index (χ2v) is 5.07. The molecule has 0 bridgehead atoms. The first-order chi connectivity index (χ1) is 9.04. The lowest BCUT2D eigenvalue weighted by atomic mass is 9.99. The van der Waals surface area contributed by atoms with Crippen LogP contribution in [0, 0.1) is 5.92 Å². The van der Waals surface area contributed by atoms with Gasteiger partial charge < -0.3 is 16.4 Å². The molecule has 4 nitrogen and oxygen atoms in total. The van der Waals surface area contributed by atoms with Gasteiger partial charge in [0, 0.05) is 18.3 Å². The smallest absolute Gasteiger partial charge is 0.237 e. The summed E-state index contributed by atoms with van der Waals surface area (Å²) in [7, 11) is 0. The van der Waals surface area contributed by atoms with Crippen LogP contribution in [0.3, 0.4) is 0 Å². The fourth-order valence-corrected chi connectivity index (χ4v) is 1.73. The van der Waals surface area contributed by atoms with Gasteiger partial charge in [-0.3, -0.25) is 4.79 Å². The third kappa shape index (κ3) is 6.26. The van der Waals surface area contributed by atoms with E-state index in [0.717, 1.165) is 12.1 Å². The van der Waals surface area contributed by atoms with Gasteiger partial charge in [0.2, 0.25) is 5.91 Å². The Kier molecular flexibility index (Phi) is 9.01. The number of carbonyl (C=O) groups excluding carboxylic acids is 1. The Morgan fingerprint density at radius 2 is 1.85 bits per heavy atom. The first-order valence-electron chi connectivity index (χ1n) is 6.89. The van der Waals surface area contributed by atoms with Crippen molar-refractivity contribution in [1.82, 2.24) is 5.32 Å². The van der Waals surface area contributed by atoms with Crippen molar-refractivity contribution in [3.8, 4) is 0 Å². The second kappa shape index (κ2) is 9.61. The Labute approximate surface area is 127 Å². The highest BCUT2D eigenvalue weighted by Gasteiger charge is 2.20. The zero-order chi connectivity index (χ0) is 14.3. The molecule has 0 fully saturated rings. The SMILES string of the molecule is CCC(C)C(N)C(=O)NC(C)CNc1ccccc1.Cl. The van der Waals surface area contributed by atoms with Crippen molar-refractivity contribution in [1.29, 1.82) is 0 Å². The minimum Gasteiger partial charge on any atom is -0.383 e. The van der Waals surface area contributed by atoms with Gasteiger partial charge in [0.05, 0.1) is 6.04 Å². The summed E-state index contributed by atoms with van der Waals surface area (Å²) < 4.78 is 0. The van der Waals surface area contributed by atoms with E-state index in [0.29, 0.717) is 6.54 Å². The molecular weight excluding hydrogens is 274 g/mol. The Balaban J connectivity index is 0.00000361. The first kappa shape index (κ1) is 18.7. The van der Waals surface area contributed by atoms with Gasteiger partial charge in [-0.25, -0.2) is 0 Å². The van der Waals surface area contributed by atoms with Crippen molar-refractivity contribution in [3.63, 3.8) is 0 Å². The number of benzene rings is 1. The van der Waals surface area contributed by atoms with E-state index in [1.165, 1.54) is 0 Å². The second-order valence-electron chi connectivity index (χ2n) is 5.07. The van der Waals surface area contributed by atoms with Crippen LogP contribution >= 0.6 is 12.4 Å². The molecule has 0 heterocycles. The molecule has 1 aromatic rings. The molecular formula is C15H26ClN3O. The zero-order valence-corrected chi connectivity index (χ0v) is 13.2. The van der Waals surface area contributed by atoms with Crippen LogP contribution in [0.2, 0.25) is 0 Å². The lowest BCUT2D eigenvalue weighted by Crippen LogP contribution is -2.49. The Morgan fingerprint density at radius 1 is 1.25 bits per heavy atom. The lowest BCUT2D eigenvalue weighted by Gasteiger charge is -2.21. The van der Waals surface area contributed by atoms with Crippen LogP contribution in [0.15, 0.2) is 30.3 Å². The largest absolute Gasteiger partial charge is 0.383 e. The van der Waals surface area contributed by atoms with Crippen LogP contribution in [-0.4, -0.2) is 24.5 Å². The molecule has 114 valence electrons. The van der Waals surface area contributed by atoms with E-state index in [1.54, 1.807) is 0 Å². The standard InChI is InChI=1S/C15H25N3O.ClH/c1-4-11(2)14(16)15(19)18-12(3)10-17-13-8-6-5-7-9-13;/h5-9,11-12,14,17H,4,10,16H2,1-3H3,(H,18,19);1H. The van der Waals surface area contributed by atoms with E-state index < -0.39 is 6.04 Å². The summed E-state index contributed by atoms with van der Waals surface area (Å²) in [4.78, 5) is 11.9. The number of halogens is 1. The first-order valence-corrected chi connectivity index (χ1v) is 6.89. The highest BCUT2D eigenvalue weighted by Crippen LogP contribution is 2.06. The quantitative estimate of drug-likeness (QED) is 0.724. The van der Waals surface area contributed by atoms with Crippen molar-refractivity contribution in [2.75, 3.05) is 11.9 Å². The third-order valence-electron chi connectivity index (χ3n) is 3.33. The molecule has 0 aliphatic heterocycles. The van der Waals surface area contributed by atoms with E-state index in [2.05, 4.69) is 10.6 Å². The highest BCUT2D eigenvalue weighted by molar-refractivity contribution is 5.85. The van der Waals surface area contributed by atoms with Crippen molar-refractivity contribution in [2.24, 2.45) is 11.7 Å². The van der Waals surface area contributed by atoms with Crippen molar-refractivity contribution >= 4 is 24.0 Å². The molecule has 4 N–H and O–H groups in total. The number of para-hydroxylation sites is 1. The third-order valence-corrected chi connectivity index (χ3v) is 3.33. The summed E-state index contributed by atoms with van der Waals surface area (Å²) in [5.41, 5.74) is 6.95. The number of anilines is 1. The van der Waals surface area contributed by atoms with E-state index in [1.807, 2.05) is 51.1 Å². The number of hydrogen-bond donors (Lipinski definition) is 3. The Bertz CT molecular complexity index is 386. The molecule has 1 rings (SSSR count). The summed E-state index contributed by atoms with van der Waals surface area (Å²) >= 11 is 0. The maximum atomic E-state index is 11.9. The average molecular weight is 300 g/mol. The number of carbonyl (C=O) groups is 1. The molecule has 0 aromatic heterocycles. The van der Waals surface area contributed by atoms with Crippen LogP contribution in [0.5, 0.6) is 0 Å². The maximum absolute atomic E-state index is 11.9. The van der Waals surface area contributed by atoms with Gasteiger partial charge in [-0.05, 0) is 25.0 Å². The van der Waals surface area contributed by atoms with E-state index >= 15 is 0 Å². The summed E-state index contributed by atoms with van der Waals surface area (Å²) in [5, 5.41) is 6.22. The molecule has 3 atom stereocenters. The normalized spacial score (nSPS) is 14.6. The molecule has 0 spiro atoms. The van der Waals surface area contributed by atoms with Crippen molar-refractivity contribution < 1.29 is 4.79 Å². The fraction of sp³-hybridized carbons (Fsp3) is 0.533. The Morgan fingerprint density at radius 3 is 2.40 bits per heavy atom. The highest BCUT2D eigenvalue weighted by atomic mass is 35.5. The number of nitrogens with two attached hydrogens (primary N) is 1. The van der Waals surface area contributed by atoms with Crippen LogP contribution in [0.4, 0.5) is 5.69 Å². The molecule has 0 aliphatic carbocycles. The van der Waals surface area contributed by atoms with Crippen LogP contribution < -0.4 is 16.4 Å². The zero-order valence-electron chi connectivity index (χ0n) is 12.4. The molecule has 1 amide bonds. The summed E-state index contributed by atoms with van der Waals surface area (Å²) in [5.74, 6) is 0.131. The van der Waals surface area contributed by atoms with Crippen LogP contribution in [-0.2, 0) is 4.79 Å². The minimum atomic E-state index is -0.427. The van der Waals surface area contributed by atoms with Crippen molar-refractivity contribution in [2.45, 2.75) is 39.3 Å². The van der Waals surface area contributed by atoms with Gasteiger partial charge >= 0.3 is 0 Å². The summed E-state index contributed by atoms with van der Waals surface area (Å²) in [6.45, 7) is 6.69. The average Bonchev–Trinajstić information content (AvgIpc) is 2.44. The summed E-state index contributed by atoms with van der Waals surface area (Å²) in [6, 6.07) is 9.54. The molecule has 0 aliphatic rings. The van der Waals surface area contributed by atoms with Crippen LogP contribution in [0.25, 0.3) is 0 Å². The van der Waals surface area contributed by atoms with E-state index in [-0.39, 0.29) is 30.3 Å². The summed E-state index contributed by atoms with van der Waals surface area (Å²) in [6.07, 6.45) is 0.908. The topological polar surface area (TPSA) is 67.2 Å². The lowest BCUT2D eigenvalue weighted by molar-refractivity contribution is -0.123. The minimum absolute atomic E-state index is 0. The van der Waals surface area contributed by atoms with Gasteiger partial charge in [-0.15, -0.1) is 12.4 Å².